The van der Waals surface area contributed by atoms with Gasteiger partial charge in [0.2, 0.25) is 0 Å². The van der Waals surface area contributed by atoms with Gasteiger partial charge in [-0.25, -0.2) is 4.98 Å². The van der Waals surface area contributed by atoms with E-state index in [0.717, 1.165) is 16.7 Å². The van der Waals surface area contributed by atoms with E-state index >= 15 is 0 Å². The number of pyridine rings is 2. The molecule has 3 aromatic rings. The van der Waals surface area contributed by atoms with Gasteiger partial charge in [-0.05, 0) is 39.0 Å². The van der Waals surface area contributed by atoms with Gasteiger partial charge in [0.25, 0.3) is 11.5 Å². The number of ether oxygens (including phenoxy) is 2. The van der Waals surface area contributed by atoms with Gasteiger partial charge in [0.1, 0.15) is 11.4 Å². The van der Waals surface area contributed by atoms with Crippen LogP contribution in [0.15, 0.2) is 29.2 Å². The van der Waals surface area contributed by atoms with E-state index in [2.05, 4.69) is 15.3 Å². The SMILES string of the molecule is COc1cc(C)[nH]c(=O)c1CNC(=O)c1c(C)n(CC(C)OC)c2ncccc12. The predicted octanol–water partition coefficient (Wildman–Crippen LogP) is 2.31. The number of methoxy groups -OCH3 is 2. The van der Waals surface area contributed by atoms with Crippen LogP contribution >= 0.6 is 0 Å². The predicted molar refractivity (Wildman–Crippen MR) is 110 cm³/mol. The Labute approximate surface area is 168 Å². The molecule has 8 nitrogen and oxygen atoms in total. The molecular formula is C21H26N4O4. The molecule has 29 heavy (non-hydrogen) atoms. The van der Waals surface area contributed by atoms with Crippen molar-refractivity contribution in [3.8, 4) is 5.75 Å². The number of aromatic amines is 1. The molecule has 0 radical (unpaired) electrons. The Morgan fingerprint density at radius 3 is 2.79 bits per heavy atom. The monoisotopic (exact) mass is 398 g/mol. The van der Waals surface area contributed by atoms with E-state index in [1.165, 1.54) is 7.11 Å². The highest BCUT2D eigenvalue weighted by Crippen LogP contribution is 2.25. The van der Waals surface area contributed by atoms with E-state index in [-0.39, 0.29) is 24.1 Å². The maximum atomic E-state index is 13.1. The number of aryl methyl sites for hydroxylation is 1. The van der Waals surface area contributed by atoms with Gasteiger partial charge in [0.05, 0.1) is 37.4 Å². The molecule has 2 N–H and O–H groups in total. The lowest BCUT2D eigenvalue weighted by Gasteiger charge is -2.13. The quantitative estimate of drug-likeness (QED) is 0.636. The Hall–Kier alpha value is -3.13. The fourth-order valence-corrected chi connectivity index (χ4v) is 3.43. The van der Waals surface area contributed by atoms with E-state index in [4.69, 9.17) is 9.47 Å². The normalized spacial score (nSPS) is 12.2. The Morgan fingerprint density at radius 2 is 2.10 bits per heavy atom. The minimum absolute atomic E-state index is 0.0300. The third kappa shape index (κ3) is 4.02. The van der Waals surface area contributed by atoms with Crippen molar-refractivity contribution in [2.45, 2.75) is 40.0 Å². The van der Waals surface area contributed by atoms with Crippen molar-refractivity contribution < 1.29 is 14.3 Å². The van der Waals surface area contributed by atoms with Crippen LogP contribution in [-0.2, 0) is 17.8 Å². The number of amides is 1. The molecule has 1 amide bonds. The smallest absolute Gasteiger partial charge is 0.256 e. The molecule has 0 aliphatic rings. The zero-order valence-corrected chi connectivity index (χ0v) is 17.3. The van der Waals surface area contributed by atoms with Crippen molar-refractivity contribution in [3.63, 3.8) is 0 Å². The first-order valence-electron chi connectivity index (χ1n) is 9.39. The van der Waals surface area contributed by atoms with Gasteiger partial charge >= 0.3 is 0 Å². The number of H-pyrrole nitrogens is 1. The van der Waals surface area contributed by atoms with E-state index in [0.29, 0.717) is 29.1 Å². The van der Waals surface area contributed by atoms with Crippen molar-refractivity contribution in [1.29, 1.82) is 0 Å². The summed E-state index contributed by atoms with van der Waals surface area (Å²) in [5, 5.41) is 3.61. The maximum Gasteiger partial charge on any atom is 0.256 e. The number of hydrogen-bond donors (Lipinski definition) is 2. The molecule has 0 aliphatic carbocycles. The molecule has 3 rings (SSSR count). The first-order chi connectivity index (χ1) is 13.9. The summed E-state index contributed by atoms with van der Waals surface area (Å²) < 4.78 is 12.7. The number of rotatable bonds is 7. The molecule has 0 spiro atoms. The van der Waals surface area contributed by atoms with Crippen LogP contribution in [0.25, 0.3) is 11.0 Å². The minimum Gasteiger partial charge on any atom is -0.496 e. The topological polar surface area (TPSA) is 98.2 Å². The Bertz CT molecular complexity index is 1100. The zero-order chi connectivity index (χ0) is 21.1. The average molecular weight is 398 g/mol. The molecule has 1 atom stereocenters. The van der Waals surface area contributed by atoms with Crippen LogP contribution in [0, 0.1) is 13.8 Å². The van der Waals surface area contributed by atoms with Crippen LogP contribution < -0.4 is 15.6 Å². The molecule has 8 heteroatoms. The van der Waals surface area contributed by atoms with Crippen LogP contribution in [0.2, 0.25) is 0 Å². The number of fused-ring (bicyclic) bond motifs is 1. The lowest BCUT2D eigenvalue weighted by Crippen LogP contribution is -2.28. The molecule has 0 fully saturated rings. The fraction of sp³-hybridized carbons (Fsp3) is 0.381. The Morgan fingerprint density at radius 1 is 1.34 bits per heavy atom. The summed E-state index contributed by atoms with van der Waals surface area (Å²) >= 11 is 0. The molecule has 154 valence electrons. The summed E-state index contributed by atoms with van der Waals surface area (Å²) in [6.07, 6.45) is 1.67. The standard InChI is InChI=1S/C21H26N4O4/c1-12-9-17(29-5)16(20(26)24-12)10-23-21(27)18-14(3)25(11-13(2)28-4)19-15(18)7-6-8-22-19/h6-9,13H,10-11H2,1-5H3,(H,23,27)(H,24,26). The molecular weight excluding hydrogens is 372 g/mol. The van der Waals surface area contributed by atoms with Gasteiger partial charge in [-0.15, -0.1) is 0 Å². The number of aromatic nitrogens is 3. The molecule has 1 unspecified atom stereocenters. The zero-order valence-electron chi connectivity index (χ0n) is 17.3. The second-order valence-electron chi connectivity index (χ2n) is 7.00. The fourth-order valence-electron chi connectivity index (χ4n) is 3.43. The van der Waals surface area contributed by atoms with Crippen molar-refractivity contribution >= 4 is 16.9 Å². The second kappa shape index (κ2) is 8.48. The molecule has 3 aromatic heterocycles. The molecule has 0 aromatic carbocycles. The van der Waals surface area contributed by atoms with E-state index in [9.17, 15) is 9.59 Å². The van der Waals surface area contributed by atoms with Crippen LogP contribution in [0.5, 0.6) is 5.75 Å². The molecule has 0 saturated heterocycles. The minimum atomic E-state index is -0.281. The Balaban J connectivity index is 1.95. The third-order valence-corrected chi connectivity index (χ3v) is 5.02. The summed E-state index contributed by atoms with van der Waals surface area (Å²) in [6.45, 7) is 6.26. The van der Waals surface area contributed by atoms with Gasteiger partial charge in [-0.3, -0.25) is 9.59 Å². The summed E-state index contributed by atoms with van der Waals surface area (Å²) in [4.78, 5) is 32.5. The van der Waals surface area contributed by atoms with E-state index < -0.39 is 0 Å². The molecule has 3 heterocycles. The van der Waals surface area contributed by atoms with E-state index in [1.807, 2.05) is 24.5 Å². The highest BCUT2D eigenvalue weighted by atomic mass is 16.5. The highest BCUT2D eigenvalue weighted by molar-refractivity contribution is 6.07. The number of hydrogen-bond acceptors (Lipinski definition) is 5. The number of nitrogens with zero attached hydrogens (tertiary/aromatic N) is 2. The van der Waals surface area contributed by atoms with Crippen LogP contribution in [0.3, 0.4) is 0 Å². The van der Waals surface area contributed by atoms with Crippen molar-refractivity contribution in [2.75, 3.05) is 14.2 Å². The average Bonchev–Trinajstić information content (AvgIpc) is 2.98. The van der Waals surface area contributed by atoms with Crippen molar-refractivity contribution in [3.05, 3.63) is 57.3 Å². The molecule has 0 aliphatic heterocycles. The van der Waals surface area contributed by atoms with Crippen LogP contribution in [0.1, 0.15) is 34.2 Å². The Kier molecular flexibility index (Phi) is 6.03. The summed E-state index contributed by atoms with van der Waals surface area (Å²) in [5.41, 5.74) is 2.85. The largest absolute Gasteiger partial charge is 0.496 e. The van der Waals surface area contributed by atoms with Crippen LogP contribution in [0.4, 0.5) is 0 Å². The summed E-state index contributed by atoms with van der Waals surface area (Å²) in [5.74, 6) is 0.174. The van der Waals surface area contributed by atoms with Gasteiger partial charge in [-0.1, -0.05) is 0 Å². The third-order valence-electron chi connectivity index (χ3n) is 5.02. The van der Waals surface area contributed by atoms with Gasteiger partial charge in [0.15, 0.2) is 0 Å². The number of nitrogens with one attached hydrogen (secondary N) is 2. The number of carbonyl (C=O) groups excluding carboxylic acids is 1. The first-order valence-corrected chi connectivity index (χ1v) is 9.39. The summed E-state index contributed by atoms with van der Waals surface area (Å²) in [6, 6.07) is 5.41. The highest BCUT2D eigenvalue weighted by Gasteiger charge is 2.22. The maximum absolute atomic E-state index is 13.1. The van der Waals surface area contributed by atoms with E-state index in [1.54, 1.807) is 32.4 Å². The van der Waals surface area contributed by atoms with Crippen molar-refractivity contribution in [2.24, 2.45) is 0 Å². The number of carbonyl (C=O) groups is 1. The molecule has 0 saturated carbocycles. The lowest BCUT2D eigenvalue weighted by molar-refractivity contribution is 0.0947. The van der Waals surface area contributed by atoms with Gasteiger partial charge < -0.3 is 24.3 Å². The second-order valence-corrected chi connectivity index (χ2v) is 7.00. The van der Waals surface area contributed by atoms with Gasteiger partial charge in [-0.2, -0.15) is 0 Å². The van der Waals surface area contributed by atoms with Crippen molar-refractivity contribution in [1.82, 2.24) is 19.9 Å². The van der Waals surface area contributed by atoms with Gasteiger partial charge in [0, 0.05) is 30.1 Å². The molecule has 0 bridgehead atoms. The first kappa shape index (κ1) is 20.6. The lowest BCUT2D eigenvalue weighted by atomic mass is 10.1. The van der Waals surface area contributed by atoms with Crippen LogP contribution in [-0.4, -0.2) is 40.8 Å². The summed E-state index contributed by atoms with van der Waals surface area (Å²) in [7, 11) is 3.15.